The summed E-state index contributed by atoms with van der Waals surface area (Å²) in [5.74, 6) is -0.333. The summed E-state index contributed by atoms with van der Waals surface area (Å²) in [7, 11) is 0. The summed E-state index contributed by atoms with van der Waals surface area (Å²) in [6, 6.07) is 16.9. The van der Waals surface area contributed by atoms with E-state index in [1.807, 2.05) is 48.5 Å². The Labute approximate surface area is 122 Å². The molecule has 1 amide bonds. The number of carbonyl (C=O) groups excluding carboxylic acids is 1. The van der Waals surface area contributed by atoms with Crippen LogP contribution in [0.4, 0.5) is 0 Å². The summed E-state index contributed by atoms with van der Waals surface area (Å²) < 4.78 is 0. The highest BCUT2D eigenvalue weighted by Crippen LogP contribution is 2.15. The molecule has 0 saturated heterocycles. The van der Waals surface area contributed by atoms with Gasteiger partial charge in [0.15, 0.2) is 0 Å². The topological polar surface area (TPSA) is 38.3 Å². The van der Waals surface area contributed by atoms with Gasteiger partial charge < -0.3 is 0 Å². The average molecular weight is 288 g/mol. The molecule has 0 aromatic heterocycles. The summed E-state index contributed by atoms with van der Waals surface area (Å²) in [5, 5.41) is 0.599. The van der Waals surface area contributed by atoms with Crippen molar-refractivity contribution in [3.8, 4) is 0 Å². The van der Waals surface area contributed by atoms with Gasteiger partial charge in [-0.15, -0.1) is 0 Å². The maximum atomic E-state index is 11.6. The van der Waals surface area contributed by atoms with Crippen LogP contribution in [0.5, 0.6) is 0 Å². The first-order chi connectivity index (χ1) is 9.75. The second kappa shape index (κ2) is 7.48. The average Bonchev–Trinajstić information content (AvgIpc) is 2.47. The summed E-state index contributed by atoms with van der Waals surface area (Å²) in [4.78, 5) is 16.7. The fourth-order valence-electron chi connectivity index (χ4n) is 1.57. The third-order valence-corrected chi connectivity index (χ3v) is 2.92. The van der Waals surface area contributed by atoms with Crippen LogP contribution < -0.4 is 5.48 Å². The van der Waals surface area contributed by atoms with E-state index in [9.17, 15) is 4.79 Å². The second-order valence-electron chi connectivity index (χ2n) is 4.10. The van der Waals surface area contributed by atoms with Crippen LogP contribution in [0.3, 0.4) is 0 Å². The molecule has 0 saturated carbocycles. The minimum Gasteiger partial charge on any atom is -0.269 e. The van der Waals surface area contributed by atoms with Crippen molar-refractivity contribution >= 4 is 23.6 Å². The first-order valence-electron chi connectivity index (χ1n) is 6.14. The van der Waals surface area contributed by atoms with Crippen LogP contribution in [-0.2, 0) is 16.2 Å². The molecule has 2 aromatic rings. The summed E-state index contributed by atoms with van der Waals surface area (Å²) in [5.41, 5.74) is 4.13. The van der Waals surface area contributed by atoms with E-state index in [0.29, 0.717) is 11.6 Å². The molecule has 0 radical (unpaired) electrons. The number of hydrogen-bond donors (Lipinski definition) is 1. The smallest absolute Gasteiger partial charge is 0.267 e. The molecular weight excluding hydrogens is 274 g/mol. The van der Waals surface area contributed by atoms with Gasteiger partial charge in [-0.2, -0.15) is 0 Å². The van der Waals surface area contributed by atoms with Crippen molar-refractivity contribution in [2.45, 2.75) is 6.61 Å². The number of amides is 1. The number of hydroxylamine groups is 1. The van der Waals surface area contributed by atoms with Gasteiger partial charge in [0, 0.05) is 11.1 Å². The highest BCUT2D eigenvalue weighted by atomic mass is 35.5. The minimum absolute atomic E-state index is 0.326. The first-order valence-corrected chi connectivity index (χ1v) is 6.52. The molecule has 20 heavy (non-hydrogen) atoms. The number of benzene rings is 2. The zero-order valence-corrected chi connectivity index (χ0v) is 11.5. The molecule has 2 rings (SSSR count). The van der Waals surface area contributed by atoms with Crippen LogP contribution in [-0.4, -0.2) is 5.91 Å². The van der Waals surface area contributed by atoms with Gasteiger partial charge in [-0.3, -0.25) is 9.63 Å². The van der Waals surface area contributed by atoms with Crippen molar-refractivity contribution in [2.75, 3.05) is 0 Å². The largest absolute Gasteiger partial charge is 0.269 e. The van der Waals surface area contributed by atoms with Crippen LogP contribution in [0.25, 0.3) is 6.08 Å². The second-order valence-corrected chi connectivity index (χ2v) is 4.50. The molecule has 0 fully saturated rings. The van der Waals surface area contributed by atoms with Crippen molar-refractivity contribution in [3.63, 3.8) is 0 Å². The Morgan fingerprint density at radius 1 is 1.10 bits per heavy atom. The van der Waals surface area contributed by atoms with E-state index in [4.69, 9.17) is 16.4 Å². The molecule has 1 N–H and O–H groups in total. The number of carbonyl (C=O) groups is 1. The minimum atomic E-state index is -0.333. The Balaban J connectivity index is 1.80. The van der Waals surface area contributed by atoms with Crippen LogP contribution in [0, 0.1) is 0 Å². The maximum Gasteiger partial charge on any atom is 0.267 e. The van der Waals surface area contributed by atoms with Crippen LogP contribution >= 0.6 is 11.6 Å². The predicted octanol–water partition coefficient (Wildman–Crippen LogP) is 3.60. The van der Waals surface area contributed by atoms with Gasteiger partial charge in [-0.25, -0.2) is 5.48 Å². The predicted molar refractivity (Wildman–Crippen MR) is 79.9 cm³/mol. The fourth-order valence-corrected chi connectivity index (χ4v) is 1.77. The van der Waals surface area contributed by atoms with Crippen LogP contribution in [0.1, 0.15) is 11.1 Å². The molecular formula is C16H14ClNO2. The fraction of sp³-hybridized carbons (Fsp3) is 0.0625. The van der Waals surface area contributed by atoms with Crippen molar-refractivity contribution in [3.05, 3.63) is 76.8 Å². The lowest BCUT2D eigenvalue weighted by molar-refractivity contribution is -0.129. The van der Waals surface area contributed by atoms with Crippen LogP contribution in [0.15, 0.2) is 60.7 Å². The third-order valence-electron chi connectivity index (χ3n) is 2.57. The van der Waals surface area contributed by atoms with E-state index in [0.717, 1.165) is 11.1 Å². The Morgan fingerprint density at radius 3 is 2.55 bits per heavy atom. The SMILES string of the molecule is O=C(C=Cc1ccccc1Cl)NOCc1ccccc1. The Hall–Kier alpha value is -2.10. The third kappa shape index (κ3) is 4.53. The first kappa shape index (κ1) is 14.3. The van der Waals surface area contributed by atoms with Crippen LogP contribution in [0.2, 0.25) is 5.02 Å². The molecule has 0 aliphatic heterocycles. The molecule has 0 atom stereocenters. The molecule has 0 spiro atoms. The highest BCUT2D eigenvalue weighted by Gasteiger charge is 1.98. The molecule has 4 heteroatoms. The molecule has 0 aliphatic carbocycles. The van der Waals surface area contributed by atoms with E-state index >= 15 is 0 Å². The van der Waals surface area contributed by atoms with E-state index < -0.39 is 0 Å². The van der Waals surface area contributed by atoms with Crippen molar-refractivity contribution in [1.82, 2.24) is 5.48 Å². The number of halogens is 1. The van der Waals surface area contributed by atoms with Gasteiger partial charge in [0.1, 0.15) is 0 Å². The number of hydrogen-bond acceptors (Lipinski definition) is 2. The summed E-state index contributed by atoms with van der Waals surface area (Å²) in [6.45, 7) is 0.326. The normalized spacial score (nSPS) is 10.7. The molecule has 102 valence electrons. The van der Waals surface area contributed by atoms with Gasteiger partial charge >= 0.3 is 0 Å². The van der Waals surface area contributed by atoms with Gasteiger partial charge in [0.2, 0.25) is 0 Å². The zero-order valence-electron chi connectivity index (χ0n) is 10.8. The lowest BCUT2D eigenvalue weighted by atomic mass is 10.2. The van der Waals surface area contributed by atoms with E-state index in [1.165, 1.54) is 6.08 Å². The quantitative estimate of drug-likeness (QED) is 0.674. The Bertz CT molecular complexity index is 596. The van der Waals surface area contributed by atoms with Crippen molar-refractivity contribution in [2.24, 2.45) is 0 Å². The lowest BCUT2D eigenvalue weighted by Crippen LogP contribution is -2.21. The van der Waals surface area contributed by atoms with E-state index in [2.05, 4.69) is 5.48 Å². The molecule has 3 nitrogen and oxygen atoms in total. The summed E-state index contributed by atoms with van der Waals surface area (Å²) in [6.07, 6.45) is 3.02. The molecule has 0 unspecified atom stereocenters. The van der Waals surface area contributed by atoms with Gasteiger partial charge in [-0.05, 0) is 23.3 Å². The van der Waals surface area contributed by atoms with Gasteiger partial charge in [0.25, 0.3) is 5.91 Å². The van der Waals surface area contributed by atoms with Gasteiger partial charge in [0.05, 0.1) is 6.61 Å². The van der Waals surface area contributed by atoms with Crippen molar-refractivity contribution < 1.29 is 9.63 Å². The van der Waals surface area contributed by atoms with Gasteiger partial charge in [-0.1, -0.05) is 60.1 Å². The Kier molecular flexibility index (Phi) is 5.35. The van der Waals surface area contributed by atoms with E-state index in [-0.39, 0.29) is 5.91 Å². The summed E-state index contributed by atoms with van der Waals surface area (Å²) >= 11 is 5.98. The Morgan fingerprint density at radius 2 is 1.80 bits per heavy atom. The lowest BCUT2D eigenvalue weighted by Gasteiger charge is -2.03. The standard InChI is InChI=1S/C16H14ClNO2/c17-15-9-5-4-8-14(15)10-11-16(19)18-20-12-13-6-2-1-3-7-13/h1-11H,12H2,(H,18,19). The molecule has 0 bridgehead atoms. The molecule has 0 heterocycles. The van der Waals surface area contributed by atoms with E-state index in [1.54, 1.807) is 12.1 Å². The highest BCUT2D eigenvalue weighted by molar-refractivity contribution is 6.32. The number of nitrogens with one attached hydrogen (secondary N) is 1. The van der Waals surface area contributed by atoms with Crippen molar-refractivity contribution in [1.29, 1.82) is 0 Å². The maximum absolute atomic E-state index is 11.6. The molecule has 2 aromatic carbocycles. The number of rotatable bonds is 5. The zero-order chi connectivity index (χ0) is 14.2. The molecule has 0 aliphatic rings. The monoisotopic (exact) mass is 287 g/mol.